The maximum Gasteiger partial charge on any atom is 0.363 e. The van der Waals surface area contributed by atoms with Crippen LogP contribution in [0.15, 0.2) is 53.2 Å². The summed E-state index contributed by atoms with van der Waals surface area (Å²) < 4.78 is 15.9. The highest BCUT2D eigenvalue weighted by molar-refractivity contribution is 6.07. The Bertz CT molecular complexity index is 895. The number of ether oxygens (including phenoxy) is 3. The van der Waals surface area contributed by atoms with Crippen LogP contribution in [0.5, 0.6) is 11.5 Å². The van der Waals surface area contributed by atoms with E-state index in [0.29, 0.717) is 23.9 Å². The summed E-state index contributed by atoms with van der Waals surface area (Å²) in [5.74, 6) is 1.90. The largest absolute Gasteiger partial charge is 0.497 e. The number of hydrogen-bond donors (Lipinski definition) is 0. The van der Waals surface area contributed by atoms with E-state index in [1.54, 1.807) is 20.3 Å². The number of hydrogen-bond acceptors (Lipinski definition) is 5. The molecular weight excluding hydrogens is 342 g/mol. The zero-order valence-corrected chi connectivity index (χ0v) is 16.0. The van der Waals surface area contributed by atoms with Crippen LogP contribution in [0.4, 0.5) is 0 Å². The summed E-state index contributed by atoms with van der Waals surface area (Å²) in [6.45, 7) is 4.20. The molecule has 2 aromatic rings. The Kier molecular flexibility index (Phi) is 5.60. The summed E-state index contributed by atoms with van der Waals surface area (Å²) in [7, 11) is 3.28. The molecule has 1 heterocycles. The van der Waals surface area contributed by atoms with Crippen molar-refractivity contribution >= 4 is 17.9 Å². The number of carbonyl (C=O) groups excluding carboxylic acids is 1. The summed E-state index contributed by atoms with van der Waals surface area (Å²) in [5, 5.41) is 0. The van der Waals surface area contributed by atoms with Crippen molar-refractivity contribution in [2.24, 2.45) is 4.99 Å². The molecule has 0 aliphatic carbocycles. The molecule has 5 heteroatoms. The third-order valence-corrected chi connectivity index (χ3v) is 4.36. The normalized spacial score (nSPS) is 15.1. The Morgan fingerprint density at radius 3 is 2.44 bits per heavy atom. The number of rotatable bonds is 6. The third kappa shape index (κ3) is 4.37. The SMILES string of the molecule is COc1ccc(CC2=N/C(=C/c3ccc(OC)c(C(C)C)c3)C(=O)O2)cc1. The van der Waals surface area contributed by atoms with E-state index in [4.69, 9.17) is 14.2 Å². The summed E-state index contributed by atoms with van der Waals surface area (Å²) in [4.78, 5) is 16.5. The van der Waals surface area contributed by atoms with Gasteiger partial charge in [0.1, 0.15) is 11.5 Å². The maximum atomic E-state index is 12.2. The Morgan fingerprint density at radius 2 is 1.81 bits per heavy atom. The van der Waals surface area contributed by atoms with Crippen LogP contribution in [0.25, 0.3) is 6.08 Å². The lowest BCUT2D eigenvalue weighted by molar-refractivity contribution is -0.130. The summed E-state index contributed by atoms with van der Waals surface area (Å²) in [6, 6.07) is 13.4. The molecule has 0 bridgehead atoms. The lowest BCUT2D eigenvalue weighted by Crippen LogP contribution is -2.06. The van der Waals surface area contributed by atoms with Crippen LogP contribution in [0.2, 0.25) is 0 Å². The molecule has 3 rings (SSSR count). The predicted octanol–water partition coefficient (Wildman–Crippen LogP) is 4.37. The van der Waals surface area contributed by atoms with Gasteiger partial charge < -0.3 is 14.2 Å². The van der Waals surface area contributed by atoms with Crippen LogP contribution >= 0.6 is 0 Å². The van der Waals surface area contributed by atoms with Gasteiger partial charge in [0.05, 0.1) is 14.2 Å². The van der Waals surface area contributed by atoms with E-state index in [1.165, 1.54) is 0 Å². The van der Waals surface area contributed by atoms with E-state index in [2.05, 4.69) is 18.8 Å². The quantitative estimate of drug-likeness (QED) is 0.563. The molecule has 27 heavy (non-hydrogen) atoms. The summed E-state index contributed by atoms with van der Waals surface area (Å²) in [5.41, 5.74) is 3.27. The zero-order valence-electron chi connectivity index (χ0n) is 16.0. The number of esters is 1. The Morgan fingerprint density at radius 1 is 1.07 bits per heavy atom. The van der Waals surface area contributed by atoms with Crippen LogP contribution in [-0.2, 0) is 16.0 Å². The first-order valence-corrected chi connectivity index (χ1v) is 8.82. The first-order valence-electron chi connectivity index (χ1n) is 8.82. The van der Waals surface area contributed by atoms with Gasteiger partial charge in [0.2, 0.25) is 5.90 Å². The van der Waals surface area contributed by atoms with Gasteiger partial charge in [-0.25, -0.2) is 9.79 Å². The van der Waals surface area contributed by atoms with Crippen molar-refractivity contribution in [2.45, 2.75) is 26.2 Å². The number of nitrogens with zero attached hydrogens (tertiary/aromatic N) is 1. The zero-order chi connectivity index (χ0) is 19.4. The third-order valence-electron chi connectivity index (χ3n) is 4.36. The second kappa shape index (κ2) is 8.08. The van der Waals surface area contributed by atoms with Crippen LogP contribution in [-0.4, -0.2) is 26.1 Å². The molecule has 0 saturated carbocycles. The van der Waals surface area contributed by atoms with Gasteiger partial charge in [0.15, 0.2) is 5.70 Å². The average Bonchev–Trinajstić information content (AvgIpc) is 3.01. The van der Waals surface area contributed by atoms with E-state index < -0.39 is 5.97 Å². The van der Waals surface area contributed by atoms with Gasteiger partial charge in [-0.1, -0.05) is 32.0 Å². The van der Waals surface area contributed by atoms with Crippen molar-refractivity contribution in [3.05, 3.63) is 64.9 Å². The van der Waals surface area contributed by atoms with Crippen LogP contribution in [0.1, 0.15) is 36.5 Å². The standard InChI is InChI=1S/C22H23NO4/c1-14(2)18-11-16(7-10-20(18)26-4)12-19-22(24)27-21(23-19)13-15-5-8-17(25-3)9-6-15/h5-12,14H,13H2,1-4H3/b19-12+. The smallest absolute Gasteiger partial charge is 0.363 e. The summed E-state index contributed by atoms with van der Waals surface area (Å²) >= 11 is 0. The number of benzene rings is 2. The van der Waals surface area contributed by atoms with E-state index in [0.717, 1.165) is 28.2 Å². The molecule has 0 fully saturated rings. The first-order chi connectivity index (χ1) is 13.0. The van der Waals surface area contributed by atoms with E-state index in [-0.39, 0.29) is 0 Å². The Labute approximate surface area is 159 Å². The molecule has 0 aromatic heterocycles. The van der Waals surface area contributed by atoms with Gasteiger partial charge in [-0.05, 0) is 52.9 Å². The molecule has 140 valence electrons. The highest BCUT2D eigenvalue weighted by Crippen LogP contribution is 2.28. The van der Waals surface area contributed by atoms with Crippen molar-refractivity contribution in [1.29, 1.82) is 0 Å². The van der Waals surface area contributed by atoms with Gasteiger partial charge in [0.25, 0.3) is 0 Å². The number of methoxy groups -OCH3 is 2. The van der Waals surface area contributed by atoms with Crippen LogP contribution < -0.4 is 9.47 Å². The minimum absolute atomic E-state index is 0.304. The number of carbonyl (C=O) groups is 1. The van der Waals surface area contributed by atoms with Gasteiger partial charge in [-0.15, -0.1) is 0 Å². The predicted molar refractivity (Wildman–Crippen MR) is 105 cm³/mol. The van der Waals surface area contributed by atoms with E-state index in [1.807, 2.05) is 42.5 Å². The minimum atomic E-state index is -0.430. The summed E-state index contributed by atoms with van der Waals surface area (Å²) in [6.07, 6.45) is 2.20. The van der Waals surface area contributed by atoms with Gasteiger partial charge in [-0.2, -0.15) is 0 Å². The monoisotopic (exact) mass is 365 g/mol. The molecule has 0 saturated heterocycles. The number of cyclic esters (lactones) is 1. The van der Waals surface area contributed by atoms with E-state index in [9.17, 15) is 4.79 Å². The topological polar surface area (TPSA) is 57.1 Å². The van der Waals surface area contributed by atoms with Crippen LogP contribution in [0, 0.1) is 0 Å². The molecule has 0 N–H and O–H groups in total. The molecule has 1 aliphatic rings. The number of aliphatic imine (C=N–C) groups is 1. The fraction of sp³-hybridized carbons (Fsp3) is 0.273. The van der Waals surface area contributed by atoms with Gasteiger partial charge in [-0.3, -0.25) is 0 Å². The highest BCUT2D eigenvalue weighted by atomic mass is 16.6. The molecule has 1 aliphatic heterocycles. The molecule has 0 radical (unpaired) electrons. The molecule has 5 nitrogen and oxygen atoms in total. The molecule has 2 aromatic carbocycles. The maximum absolute atomic E-state index is 12.2. The van der Waals surface area contributed by atoms with Crippen molar-refractivity contribution in [1.82, 2.24) is 0 Å². The lowest BCUT2D eigenvalue weighted by atomic mass is 9.99. The second-order valence-electron chi connectivity index (χ2n) is 6.61. The molecule has 0 atom stereocenters. The minimum Gasteiger partial charge on any atom is -0.497 e. The van der Waals surface area contributed by atoms with Gasteiger partial charge in [0, 0.05) is 6.42 Å². The molecule has 0 spiro atoms. The fourth-order valence-electron chi connectivity index (χ4n) is 2.90. The van der Waals surface area contributed by atoms with Crippen molar-refractivity contribution in [3.63, 3.8) is 0 Å². The fourth-order valence-corrected chi connectivity index (χ4v) is 2.90. The average molecular weight is 365 g/mol. The highest BCUT2D eigenvalue weighted by Gasteiger charge is 2.23. The molecule has 0 amide bonds. The van der Waals surface area contributed by atoms with Crippen molar-refractivity contribution in [3.8, 4) is 11.5 Å². The van der Waals surface area contributed by atoms with Crippen molar-refractivity contribution < 1.29 is 19.0 Å². The second-order valence-corrected chi connectivity index (χ2v) is 6.61. The molecule has 0 unspecified atom stereocenters. The van der Waals surface area contributed by atoms with Crippen molar-refractivity contribution in [2.75, 3.05) is 14.2 Å². The van der Waals surface area contributed by atoms with Crippen LogP contribution in [0.3, 0.4) is 0 Å². The lowest BCUT2D eigenvalue weighted by Gasteiger charge is -2.12. The van der Waals surface area contributed by atoms with Gasteiger partial charge >= 0.3 is 5.97 Å². The Balaban J connectivity index is 1.81. The van der Waals surface area contributed by atoms with E-state index >= 15 is 0 Å². The molecular formula is C22H23NO4. The Hall–Kier alpha value is -3.08. The first kappa shape index (κ1) is 18.7.